The summed E-state index contributed by atoms with van der Waals surface area (Å²) in [7, 11) is 0. The number of allylic oxidation sites excluding steroid dienone is 1. The average molecular weight is 377 g/mol. The minimum atomic E-state index is -2.24. The summed E-state index contributed by atoms with van der Waals surface area (Å²) >= 11 is 3.16. The summed E-state index contributed by atoms with van der Waals surface area (Å²) < 4.78 is 66.4. The Labute approximate surface area is 130 Å². The van der Waals surface area contributed by atoms with Gasteiger partial charge in [-0.15, -0.1) is 0 Å². The van der Waals surface area contributed by atoms with Crippen molar-refractivity contribution in [1.82, 2.24) is 0 Å². The van der Waals surface area contributed by atoms with E-state index in [0.717, 1.165) is 6.08 Å². The van der Waals surface area contributed by atoms with Gasteiger partial charge >= 0.3 is 0 Å². The molecule has 1 nitrogen and oxygen atoms in total. The molecule has 0 aliphatic heterocycles. The second kappa shape index (κ2) is 6.39. The maximum atomic E-state index is 13.4. The quantitative estimate of drug-likeness (QED) is 0.241. The Kier molecular flexibility index (Phi) is 4.75. The van der Waals surface area contributed by atoms with Crippen molar-refractivity contribution in [3.05, 3.63) is 75.0 Å². The number of halogens is 6. The van der Waals surface area contributed by atoms with Gasteiger partial charge in [0.05, 0.1) is 5.56 Å². The maximum Gasteiger partial charge on any atom is 0.200 e. The summed E-state index contributed by atoms with van der Waals surface area (Å²) in [6, 6.07) is 6.02. The van der Waals surface area contributed by atoms with E-state index < -0.39 is 40.4 Å². The number of ketones is 1. The van der Waals surface area contributed by atoms with Crippen LogP contribution in [0.25, 0.3) is 6.08 Å². The lowest BCUT2D eigenvalue weighted by Crippen LogP contribution is -2.04. The first-order chi connectivity index (χ1) is 10.3. The van der Waals surface area contributed by atoms with Crippen molar-refractivity contribution < 1.29 is 26.7 Å². The number of hydrogen-bond donors (Lipinski definition) is 0. The molecule has 7 heteroatoms. The van der Waals surface area contributed by atoms with E-state index in [4.69, 9.17) is 0 Å². The Hall–Kier alpha value is -2.02. The van der Waals surface area contributed by atoms with Crippen molar-refractivity contribution in [3.8, 4) is 0 Å². The molecule has 114 valence electrons. The SMILES string of the molecule is O=C(/C=C/c1c(F)c(F)c(F)c(F)c1F)c1ccc(Br)cc1. The minimum Gasteiger partial charge on any atom is -0.289 e. The van der Waals surface area contributed by atoms with Crippen LogP contribution < -0.4 is 0 Å². The van der Waals surface area contributed by atoms with Crippen molar-refractivity contribution in [2.24, 2.45) is 0 Å². The van der Waals surface area contributed by atoms with Crippen molar-refractivity contribution in [1.29, 1.82) is 0 Å². The molecule has 2 rings (SSSR count). The molecule has 0 spiro atoms. The summed E-state index contributed by atoms with van der Waals surface area (Å²) in [5.74, 6) is -11.0. The molecular formula is C15H6BrF5O. The molecule has 0 fully saturated rings. The summed E-state index contributed by atoms with van der Waals surface area (Å²) in [5.41, 5.74) is -0.967. The minimum absolute atomic E-state index is 0.198. The highest BCUT2D eigenvalue weighted by Crippen LogP contribution is 2.24. The van der Waals surface area contributed by atoms with Crippen molar-refractivity contribution in [2.45, 2.75) is 0 Å². The Bertz CT molecular complexity index is 739. The monoisotopic (exact) mass is 376 g/mol. The van der Waals surface area contributed by atoms with E-state index in [1.807, 2.05) is 0 Å². The highest BCUT2D eigenvalue weighted by molar-refractivity contribution is 9.10. The molecule has 0 saturated heterocycles. The van der Waals surface area contributed by atoms with Gasteiger partial charge in [0.15, 0.2) is 29.1 Å². The van der Waals surface area contributed by atoms with Gasteiger partial charge in [0.2, 0.25) is 5.82 Å². The van der Waals surface area contributed by atoms with E-state index in [1.54, 1.807) is 12.1 Å². The molecule has 0 unspecified atom stereocenters. The lowest BCUT2D eigenvalue weighted by atomic mass is 10.1. The van der Waals surface area contributed by atoms with Gasteiger partial charge in [0.1, 0.15) is 0 Å². The zero-order valence-electron chi connectivity index (χ0n) is 10.6. The molecule has 0 heterocycles. The van der Waals surface area contributed by atoms with Gasteiger partial charge in [0.25, 0.3) is 0 Å². The van der Waals surface area contributed by atoms with Gasteiger partial charge in [-0.25, -0.2) is 22.0 Å². The highest BCUT2D eigenvalue weighted by Gasteiger charge is 2.24. The van der Waals surface area contributed by atoms with Crippen LogP contribution in [-0.2, 0) is 0 Å². The van der Waals surface area contributed by atoms with E-state index in [-0.39, 0.29) is 5.56 Å². The van der Waals surface area contributed by atoms with Gasteiger partial charge in [-0.1, -0.05) is 15.9 Å². The lowest BCUT2D eigenvalue weighted by molar-refractivity contribution is 0.104. The third kappa shape index (κ3) is 3.09. The van der Waals surface area contributed by atoms with Gasteiger partial charge < -0.3 is 0 Å². The number of rotatable bonds is 3. The zero-order valence-corrected chi connectivity index (χ0v) is 12.2. The van der Waals surface area contributed by atoms with Crippen LogP contribution in [0.5, 0.6) is 0 Å². The molecule has 0 aliphatic carbocycles. The van der Waals surface area contributed by atoms with Gasteiger partial charge in [0, 0.05) is 10.0 Å². The van der Waals surface area contributed by atoms with Crippen molar-refractivity contribution >= 4 is 27.8 Å². The molecule has 0 radical (unpaired) electrons. The Morgan fingerprint density at radius 3 is 1.77 bits per heavy atom. The van der Waals surface area contributed by atoms with Gasteiger partial charge in [-0.2, -0.15) is 0 Å². The van der Waals surface area contributed by atoms with Crippen LogP contribution in [0.3, 0.4) is 0 Å². The number of hydrogen-bond acceptors (Lipinski definition) is 1. The molecule has 0 bridgehead atoms. The first kappa shape index (κ1) is 16.4. The predicted octanol–water partition coefficient (Wildman–Crippen LogP) is 5.04. The normalized spacial score (nSPS) is 11.2. The van der Waals surface area contributed by atoms with Crippen LogP contribution >= 0.6 is 15.9 Å². The fraction of sp³-hybridized carbons (Fsp3) is 0. The van der Waals surface area contributed by atoms with Crippen LogP contribution in [0.15, 0.2) is 34.8 Å². The van der Waals surface area contributed by atoms with Crippen molar-refractivity contribution in [3.63, 3.8) is 0 Å². The van der Waals surface area contributed by atoms with E-state index in [9.17, 15) is 26.7 Å². The molecule has 0 N–H and O–H groups in total. The molecule has 0 atom stereocenters. The van der Waals surface area contributed by atoms with Crippen LogP contribution in [-0.4, -0.2) is 5.78 Å². The van der Waals surface area contributed by atoms with Crippen LogP contribution in [0.2, 0.25) is 0 Å². The molecule has 0 amide bonds. The zero-order chi connectivity index (χ0) is 16.4. The highest BCUT2D eigenvalue weighted by atomic mass is 79.9. The second-order valence-electron chi connectivity index (χ2n) is 4.19. The molecular weight excluding hydrogens is 371 g/mol. The largest absolute Gasteiger partial charge is 0.289 e. The summed E-state index contributed by atoms with van der Waals surface area (Å²) in [6.45, 7) is 0. The number of benzene rings is 2. The molecule has 0 aliphatic rings. The molecule has 0 aromatic heterocycles. The smallest absolute Gasteiger partial charge is 0.200 e. The Morgan fingerprint density at radius 1 is 0.818 bits per heavy atom. The Morgan fingerprint density at radius 2 is 1.27 bits per heavy atom. The number of carbonyl (C=O) groups excluding carboxylic acids is 1. The van der Waals surface area contributed by atoms with E-state index >= 15 is 0 Å². The van der Waals surface area contributed by atoms with E-state index in [0.29, 0.717) is 10.5 Å². The van der Waals surface area contributed by atoms with Crippen LogP contribution in [0.4, 0.5) is 22.0 Å². The van der Waals surface area contributed by atoms with Gasteiger partial charge in [-0.05, 0) is 36.4 Å². The third-order valence-corrected chi connectivity index (χ3v) is 3.30. The third-order valence-electron chi connectivity index (χ3n) is 2.77. The average Bonchev–Trinajstić information content (AvgIpc) is 2.51. The molecule has 2 aromatic rings. The topological polar surface area (TPSA) is 17.1 Å². The standard InChI is InChI=1S/C15H6BrF5O/c16-8-3-1-7(2-4-8)10(22)6-5-9-11(17)13(19)15(21)14(20)12(9)18/h1-6H/b6-5+. The predicted molar refractivity (Wildman–Crippen MR) is 73.7 cm³/mol. The fourth-order valence-corrected chi connectivity index (χ4v) is 1.90. The summed E-state index contributed by atoms with van der Waals surface area (Å²) in [6.07, 6.45) is 1.29. The molecule has 22 heavy (non-hydrogen) atoms. The second-order valence-corrected chi connectivity index (χ2v) is 5.10. The van der Waals surface area contributed by atoms with E-state index in [2.05, 4.69) is 15.9 Å². The molecule has 2 aromatic carbocycles. The fourth-order valence-electron chi connectivity index (χ4n) is 1.64. The number of carbonyl (C=O) groups is 1. The Balaban J connectivity index is 2.38. The summed E-state index contributed by atoms with van der Waals surface area (Å²) in [4.78, 5) is 11.8. The summed E-state index contributed by atoms with van der Waals surface area (Å²) in [5, 5.41) is 0. The maximum absolute atomic E-state index is 13.4. The first-order valence-electron chi connectivity index (χ1n) is 5.82. The van der Waals surface area contributed by atoms with E-state index in [1.165, 1.54) is 12.1 Å². The van der Waals surface area contributed by atoms with Crippen LogP contribution in [0.1, 0.15) is 15.9 Å². The van der Waals surface area contributed by atoms with Crippen molar-refractivity contribution in [2.75, 3.05) is 0 Å². The molecule has 0 saturated carbocycles. The first-order valence-corrected chi connectivity index (χ1v) is 6.61. The van der Waals surface area contributed by atoms with Gasteiger partial charge in [-0.3, -0.25) is 4.79 Å². The van der Waals surface area contributed by atoms with Crippen LogP contribution in [0, 0.1) is 29.1 Å². The lowest BCUT2D eigenvalue weighted by Gasteiger charge is -2.04.